The van der Waals surface area contributed by atoms with E-state index in [9.17, 15) is 4.79 Å². The average molecular weight is 331 g/mol. The zero-order chi connectivity index (χ0) is 16.7. The third kappa shape index (κ3) is 5.42. The quantitative estimate of drug-likeness (QED) is 0.645. The third-order valence-corrected chi connectivity index (χ3v) is 3.35. The molecule has 2 rings (SSSR count). The van der Waals surface area contributed by atoms with Crippen molar-refractivity contribution < 1.29 is 9.53 Å². The molecular weight excluding hydrogens is 312 g/mol. The summed E-state index contributed by atoms with van der Waals surface area (Å²) in [6, 6.07) is 16.6. The van der Waals surface area contributed by atoms with E-state index in [-0.39, 0.29) is 18.4 Å². The Morgan fingerprint density at radius 1 is 1.13 bits per heavy atom. The van der Waals surface area contributed by atoms with Crippen LogP contribution >= 0.6 is 11.6 Å². The van der Waals surface area contributed by atoms with Crippen molar-refractivity contribution in [2.75, 3.05) is 6.61 Å². The minimum atomic E-state index is -0.311. The standard InChI is InChI=1S/C18H19ClN2O2/c1-13(2)18(14-6-4-3-5-7-14)21-20-17(22)12-23-16-10-8-15(19)9-11-16/h3-11,13H,12H2,1-2H3,(H,20,22). The molecule has 0 atom stereocenters. The topological polar surface area (TPSA) is 50.7 Å². The fraction of sp³-hybridized carbons (Fsp3) is 0.222. The Labute approximate surface area is 141 Å². The monoisotopic (exact) mass is 330 g/mol. The van der Waals surface area contributed by atoms with E-state index in [1.54, 1.807) is 24.3 Å². The molecule has 2 aromatic rings. The third-order valence-electron chi connectivity index (χ3n) is 3.10. The molecule has 0 radical (unpaired) electrons. The molecule has 0 aliphatic rings. The van der Waals surface area contributed by atoms with Crippen molar-refractivity contribution in [3.63, 3.8) is 0 Å². The van der Waals surface area contributed by atoms with E-state index >= 15 is 0 Å². The molecule has 5 heteroatoms. The van der Waals surface area contributed by atoms with Crippen LogP contribution in [0.1, 0.15) is 19.4 Å². The minimum Gasteiger partial charge on any atom is -0.484 e. The lowest BCUT2D eigenvalue weighted by Crippen LogP contribution is -2.27. The summed E-state index contributed by atoms with van der Waals surface area (Å²) in [6.45, 7) is 3.95. The van der Waals surface area contributed by atoms with Crippen LogP contribution in [-0.2, 0) is 4.79 Å². The van der Waals surface area contributed by atoms with Gasteiger partial charge in [-0.15, -0.1) is 0 Å². The van der Waals surface area contributed by atoms with Gasteiger partial charge < -0.3 is 4.74 Å². The predicted molar refractivity (Wildman–Crippen MR) is 92.9 cm³/mol. The molecule has 0 unspecified atom stereocenters. The maximum Gasteiger partial charge on any atom is 0.277 e. The highest BCUT2D eigenvalue weighted by molar-refractivity contribution is 6.30. The maximum atomic E-state index is 11.9. The molecule has 1 N–H and O–H groups in total. The Morgan fingerprint density at radius 2 is 1.78 bits per heavy atom. The predicted octanol–water partition coefficient (Wildman–Crippen LogP) is 3.90. The van der Waals surface area contributed by atoms with E-state index in [0.717, 1.165) is 11.3 Å². The molecule has 120 valence electrons. The summed E-state index contributed by atoms with van der Waals surface area (Å²) in [6.07, 6.45) is 0. The normalized spacial score (nSPS) is 11.4. The number of nitrogens with one attached hydrogen (secondary N) is 1. The van der Waals surface area contributed by atoms with Gasteiger partial charge in [-0.05, 0) is 35.7 Å². The maximum absolute atomic E-state index is 11.9. The number of ether oxygens (including phenoxy) is 1. The first-order valence-corrected chi connectivity index (χ1v) is 7.74. The molecule has 23 heavy (non-hydrogen) atoms. The van der Waals surface area contributed by atoms with Crippen LogP contribution in [0.25, 0.3) is 0 Å². The van der Waals surface area contributed by atoms with Gasteiger partial charge in [-0.25, -0.2) is 5.43 Å². The second-order valence-electron chi connectivity index (χ2n) is 5.30. The number of carbonyl (C=O) groups excluding carboxylic acids is 1. The van der Waals surface area contributed by atoms with Gasteiger partial charge in [0.2, 0.25) is 0 Å². The Balaban J connectivity index is 1.94. The molecular formula is C18H19ClN2O2. The number of rotatable bonds is 6. The summed E-state index contributed by atoms with van der Waals surface area (Å²) < 4.78 is 5.38. The fourth-order valence-corrected chi connectivity index (χ4v) is 2.10. The van der Waals surface area contributed by atoms with Gasteiger partial charge in [0.1, 0.15) is 5.75 Å². The molecule has 0 fully saturated rings. The highest BCUT2D eigenvalue weighted by Gasteiger charge is 2.09. The summed E-state index contributed by atoms with van der Waals surface area (Å²) in [4.78, 5) is 11.9. The fourth-order valence-electron chi connectivity index (χ4n) is 1.97. The van der Waals surface area contributed by atoms with Crippen LogP contribution in [0.5, 0.6) is 5.75 Å². The number of amides is 1. The summed E-state index contributed by atoms with van der Waals surface area (Å²) >= 11 is 5.79. The number of hydrazone groups is 1. The van der Waals surface area contributed by atoms with Gasteiger partial charge in [-0.1, -0.05) is 55.8 Å². The molecule has 4 nitrogen and oxygen atoms in total. The molecule has 0 saturated carbocycles. The van der Waals surface area contributed by atoms with Crippen molar-refractivity contribution in [1.29, 1.82) is 0 Å². The summed E-state index contributed by atoms with van der Waals surface area (Å²) in [5.74, 6) is 0.463. The smallest absolute Gasteiger partial charge is 0.277 e. The van der Waals surface area contributed by atoms with Gasteiger partial charge >= 0.3 is 0 Å². The highest BCUT2D eigenvalue weighted by atomic mass is 35.5. The zero-order valence-corrected chi connectivity index (χ0v) is 13.9. The molecule has 0 aliphatic heterocycles. The lowest BCUT2D eigenvalue weighted by atomic mass is 10.0. The minimum absolute atomic E-state index is 0.106. The Kier molecular flexibility index (Phi) is 6.18. The van der Waals surface area contributed by atoms with E-state index in [1.807, 2.05) is 44.2 Å². The van der Waals surface area contributed by atoms with E-state index < -0.39 is 0 Å². The van der Waals surface area contributed by atoms with E-state index in [4.69, 9.17) is 16.3 Å². The van der Waals surface area contributed by atoms with Crippen molar-refractivity contribution in [3.05, 3.63) is 65.2 Å². The van der Waals surface area contributed by atoms with Gasteiger partial charge in [0, 0.05) is 5.02 Å². The molecule has 0 aliphatic carbocycles. The van der Waals surface area contributed by atoms with Crippen molar-refractivity contribution in [3.8, 4) is 5.75 Å². The number of carbonyl (C=O) groups is 1. The van der Waals surface area contributed by atoms with Gasteiger partial charge in [0.15, 0.2) is 6.61 Å². The van der Waals surface area contributed by atoms with Gasteiger partial charge in [-0.2, -0.15) is 5.10 Å². The Bertz CT molecular complexity index is 667. The molecule has 0 heterocycles. The molecule has 1 amide bonds. The SMILES string of the molecule is CC(C)C(=NNC(=O)COc1ccc(Cl)cc1)c1ccccc1. The number of nitrogens with zero attached hydrogens (tertiary/aromatic N) is 1. The van der Waals surface area contributed by atoms with Crippen LogP contribution in [0.15, 0.2) is 59.7 Å². The van der Waals surface area contributed by atoms with Crippen LogP contribution in [0.2, 0.25) is 5.02 Å². The molecule has 0 spiro atoms. The van der Waals surface area contributed by atoms with Crippen LogP contribution in [-0.4, -0.2) is 18.2 Å². The molecule has 0 aromatic heterocycles. The Hall–Kier alpha value is -2.33. The summed E-state index contributed by atoms with van der Waals surface area (Å²) in [5, 5.41) is 4.86. The summed E-state index contributed by atoms with van der Waals surface area (Å²) in [5.41, 5.74) is 4.35. The van der Waals surface area contributed by atoms with E-state index in [0.29, 0.717) is 10.8 Å². The van der Waals surface area contributed by atoms with E-state index in [1.165, 1.54) is 0 Å². The zero-order valence-electron chi connectivity index (χ0n) is 13.1. The number of benzene rings is 2. The lowest BCUT2D eigenvalue weighted by molar-refractivity contribution is -0.123. The first-order chi connectivity index (χ1) is 11.1. The van der Waals surface area contributed by atoms with Crippen LogP contribution in [0.3, 0.4) is 0 Å². The van der Waals surface area contributed by atoms with Crippen LogP contribution in [0, 0.1) is 5.92 Å². The largest absolute Gasteiger partial charge is 0.484 e. The van der Waals surface area contributed by atoms with Crippen LogP contribution < -0.4 is 10.2 Å². The Morgan fingerprint density at radius 3 is 2.39 bits per heavy atom. The van der Waals surface area contributed by atoms with Gasteiger partial charge in [0.25, 0.3) is 5.91 Å². The number of hydrogen-bond donors (Lipinski definition) is 1. The second kappa shape index (κ2) is 8.34. The average Bonchev–Trinajstić information content (AvgIpc) is 2.55. The van der Waals surface area contributed by atoms with Crippen LogP contribution in [0.4, 0.5) is 0 Å². The molecule has 0 saturated heterocycles. The van der Waals surface area contributed by atoms with E-state index in [2.05, 4.69) is 10.5 Å². The van der Waals surface area contributed by atoms with Gasteiger partial charge in [-0.3, -0.25) is 4.79 Å². The molecule has 0 bridgehead atoms. The van der Waals surface area contributed by atoms with Crippen molar-refractivity contribution >= 4 is 23.2 Å². The number of halogens is 1. The van der Waals surface area contributed by atoms with Crippen molar-refractivity contribution in [2.24, 2.45) is 11.0 Å². The number of hydrogen-bond acceptors (Lipinski definition) is 3. The van der Waals surface area contributed by atoms with Gasteiger partial charge in [0.05, 0.1) is 5.71 Å². The molecule has 2 aromatic carbocycles. The first-order valence-electron chi connectivity index (χ1n) is 7.36. The second-order valence-corrected chi connectivity index (χ2v) is 5.73. The van der Waals surface area contributed by atoms with Crippen molar-refractivity contribution in [1.82, 2.24) is 5.43 Å². The lowest BCUT2D eigenvalue weighted by Gasteiger charge is -2.11. The first kappa shape index (κ1) is 17.0. The highest BCUT2D eigenvalue weighted by Crippen LogP contribution is 2.15. The summed E-state index contributed by atoms with van der Waals surface area (Å²) in [7, 11) is 0. The van der Waals surface area contributed by atoms with Crippen molar-refractivity contribution in [2.45, 2.75) is 13.8 Å².